The van der Waals surface area contributed by atoms with E-state index in [9.17, 15) is 10.1 Å². The molecule has 0 aromatic heterocycles. The number of thioether (sulfide) groups is 1. The van der Waals surface area contributed by atoms with Crippen molar-refractivity contribution in [2.45, 2.75) is 32.1 Å². The van der Waals surface area contributed by atoms with Crippen molar-refractivity contribution in [3.05, 3.63) is 51.7 Å². The van der Waals surface area contributed by atoms with Gasteiger partial charge in [-0.3, -0.25) is 4.79 Å². The molecule has 5 heteroatoms. The highest BCUT2D eigenvalue weighted by molar-refractivity contribution is 8.02. The highest BCUT2D eigenvalue weighted by atomic mass is 32.2. The van der Waals surface area contributed by atoms with Crippen molar-refractivity contribution in [3.8, 4) is 11.8 Å². The summed E-state index contributed by atoms with van der Waals surface area (Å²) >= 11 is 1.51. The average Bonchev–Trinajstić information content (AvgIpc) is 2.61. The zero-order valence-electron chi connectivity index (χ0n) is 13.9. The summed E-state index contributed by atoms with van der Waals surface area (Å²) in [4.78, 5) is 12.7. The fourth-order valence-corrected chi connectivity index (χ4v) is 4.01. The van der Waals surface area contributed by atoms with Crippen LogP contribution in [0.3, 0.4) is 0 Å². The average molecular weight is 340 g/mol. The van der Waals surface area contributed by atoms with Gasteiger partial charge in [0, 0.05) is 23.3 Å². The Hall–Kier alpha value is -2.19. The van der Waals surface area contributed by atoms with E-state index < -0.39 is 0 Å². The monoisotopic (exact) mass is 340 g/mol. The van der Waals surface area contributed by atoms with Gasteiger partial charge in [0.25, 0.3) is 0 Å². The summed E-state index contributed by atoms with van der Waals surface area (Å²) in [6, 6.07) is 10.0. The minimum Gasteiger partial charge on any atom is -0.494 e. The SMILES string of the molecule is CCOc1ccccc1[C@@H]1C(C#N)=C(SC)NC2=C1C(=O)CCC2. The van der Waals surface area contributed by atoms with E-state index in [1.165, 1.54) is 11.8 Å². The van der Waals surface area contributed by atoms with Crippen LogP contribution in [0.5, 0.6) is 5.75 Å². The Morgan fingerprint density at radius 1 is 1.38 bits per heavy atom. The number of carbonyl (C=O) groups is 1. The lowest BCUT2D eigenvalue weighted by molar-refractivity contribution is -0.116. The van der Waals surface area contributed by atoms with E-state index in [2.05, 4.69) is 11.4 Å². The number of rotatable bonds is 4. The van der Waals surface area contributed by atoms with Gasteiger partial charge in [0.05, 0.1) is 29.2 Å². The number of ether oxygens (including phenoxy) is 1. The summed E-state index contributed by atoms with van der Waals surface area (Å²) < 4.78 is 5.77. The van der Waals surface area contributed by atoms with Crippen LogP contribution in [-0.2, 0) is 4.79 Å². The number of hydrogen-bond acceptors (Lipinski definition) is 5. The number of Topliss-reactive ketones (excluding diaryl/α,β-unsaturated/α-hetero) is 1. The molecule has 2 aliphatic rings. The van der Waals surface area contributed by atoms with Crippen LogP contribution in [0.1, 0.15) is 37.7 Å². The minimum atomic E-state index is -0.343. The van der Waals surface area contributed by atoms with Crippen LogP contribution in [-0.4, -0.2) is 18.6 Å². The van der Waals surface area contributed by atoms with Gasteiger partial charge in [0.15, 0.2) is 5.78 Å². The first-order valence-corrected chi connectivity index (χ1v) is 9.37. The molecule has 124 valence electrons. The maximum atomic E-state index is 12.7. The molecule has 1 N–H and O–H groups in total. The predicted molar refractivity (Wildman–Crippen MR) is 95.5 cm³/mol. The third-order valence-electron chi connectivity index (χ3n) is 4.40. The third-order valence-corrected chi connectivity index (χ3v) is 5.13. The number of carbonyl (C=O) groups excluding carboxylic acids is 1. The smallest absolute Gasteiger partial charge is 0.161 e. The number of ketones is 1. The van der Waals surface area contributed by atoms with Crippen molar-refractivity contribution in [2.24, 2.45) is 0 Å². The van der Waals surface area contributed by atoms with E-state index in [1.54, 1.807) is 0 Å². The Morgan fingerprint density at radius 2 is 2.17 bits per heavy atom. The van der Waals surface area contributed by atoms with E-state index in [0.29, 0.717) is 18.6 Å². The molecule has 1 aliphatic carbocycles. The molecule has 24 heavy (non-hydrogen) atoms. The van der Waals surface area contributed by atoms with E-state index in [4.69, 9.17) is 4.74 Å². The van der Waals surface area contributed by atoms with Gasteiger partial charge in [-0.2, -0.15) is 5.26 Å². The van der Waals surface area contributed by atoms with Crippen LogP contribution in [0.4, 0.5) is 0 Å². The van der Waals surface area contributed by atoms with Gasteiger partial charge in [-0.15, -0.1) is 11.8 Å². The van der Waals surface area contributed by atoms with Crippen LogP contribution in [0.25, 0.3) is 0 Å². The molecule has 1 heterocycles. The quantitative estimate of drug-likeness (QED) is 0.901. The van der Waals surface area contributed by atoms with Gasteiger partial charge < -0.3 is 10.1 Å². The Kier molecular flexibility index (Phi) is 4.96. The zero-order chi connectivity index (χ0) is 17.1. The lowest BCUT2D eigenvalue weighted by atomic mass is 9.76. The number of benzene rings is 1. The van der Waals surface area contributed by atoms with Crippen LogP contribution < -0.4 is 10.1 Å². The van der Waals surface area contributed by atoms with Gasteiger partial charge in [-0.05, 0) is 32.1 Å². The second-order valence-electron chi connectivity index (χ2n) is 5.76. The van der Waals surface area contributed by atoms with Crippen molar-refractivity contribution >= 4 is 17.5 Å². The summed E-state index contributed by atoms with van der Waals surface area (Å²) in [6.45, 7) is 2.48. The molecule has 0 amide bonds. The lowest BCUT2D eigenvalue weighted by Gasteiger charge is -2.33. The van der Waals surface area contributed by atoms with Gasteiger partial charge >= 0.3 is 0 Å². The normalized spacial score (nSPS) is 20.4. The second-order valence-corrected chi connectivity index (χ2v) is 6.57. The zero-order valence-corrected chi connectivity index (χ0v) is 14.7. The Morgan fingerprint density at radius 3 is 2.88 bits per heavy atom. The van der Waals surface area contributed by atoms with E-state index in [1.807, 2.05) is 37.4 Å². The molecule has 0 fully saturated rings. The first kappa shape index (κ1) is 16.7. The molecule has 3 rings (SSSR count). The Balaban J connectivity index is 2.21. The summed E-state index contributed by atoms with van der Waals surface area (Å²) in [5.41, 5.74) is 3.20. The van der Waals surface area contributed by atoms with Crippen molar-refractivity contribution in [3.63, 3.8) is 0 Å². The van der Waals surface area contributed by atoms with E-state index in [-0.39, 0.29) is 11.7 Å². The minimum absolute atomic E-state index is 0.132. The van der Waals surface area contributed by atoms with Crippen molar-refractivity contribution in [1.82, 2.24) is 5.32 Å². The summed E-state index contributed by atoms with van der Waals surface area (Å²) in [5, 5.41) is 13.9. The lowest BCUT2D eigenvalue weighted by Crippen LogP contribution is -2.31. The fourth-order valence-electron chi connectivity index (χ4n) is 3.40. The van der Waals surface area contributed by atoms with Crippen LogP contribution in [0.2, 0.25) is 0 Å². The van der Waals surface area contributed by atoms with Gasteiger partial charge in [0.1, 0.15) is 5.75 Å². The molecule has 0 unspecified atom stereocenters. The molecule has 0 radical (unpaired) electrons. The van der Waals surface area contributed by atoms with Crippen LogP contribution >= 0.6 is 11.8 Å². The number of nitriles is 1. The van der Waals surface area contributed by atoms with E-state index >= 15 is 0 Å². The number of hydrogen-bond donors (Lipinski definition) is 1. The van der Waals surface area contributed by atoms with Crippen molar-refractivity contribution in [2.75, 3.05) is 12.9 Å². The summed E-state index contributed by atoms with van der Waals surface area (Å²) in [7, 11) is 0. The second kappa shape index (κ2) is 7.14. The number of allylic oxidation sites excluding steroid dienone is 3. The maximum absolute atomic E-state index is 12.7. The number of nitrogens with zero attached hydrogens (tertiary/aromatic N) is 1. The van der Waals surface area contributed by atoms with Crippen LogP contribution in [0.15, 0.2) is 46.1 Å². The predicted octanol–water partition coefficient (Wildman–Crippen LogP) is 3.88. The molecule has 0 saturated heterocycles. The van der Waals surface area contributed by atoms with Crippen molar-refractivity contribution in [1.29, 1.82) is 5.26 Å². The van der Waals surface area contributed by atoms with Gasteiger partial charge in [-0.1, -0.05) is 18.2 Å². The molecule has 4 nitrogen and oxygen atoms in total. The highest BCUT2D eigenvalue weighted by Crippen LogP contribution is 2.45. The van der Waals surface area contributed by atoms with Crippen molar-refractivity contribution < 1.29 is 9.53 Å². The highest BCUT2D eigenvalue weighted by Gasteiger charge is 2.37. The first-order valence-electron chi connectivity index (χ1n) is 8.14. The largest absolute Gasteiger partial charge is 0.494 e. The fraction of sp³-hybridized carbons (Fsp3) is 0.368. The Bertz CT molecular complexity index is 774. The molecule has 1 atom stereocenters. The molecule has 0 spiro atoms. The molecule has 1 aromatic rings. The first-order chi connectivity index (χ1) is 11.7. The summed E-state index contributed by atoms with van der Waals surface area (Å²) in [6.07, 6.45) is 4.19. The number of dihydropyridines is 1. The van der Waals surface area contributed by atoms with Gasteiger partial charge in [0.2, 0.25) is 0 Å². The molecular weight excluding hydrogens is 320 g/mol. The molecule has 0 bridgehead atoms. The summed E-state index contributed by atoms with van der Waals surface area (Å²) in [5.74, 6) is 0.530. The topological polar surface area (TPSA) is 62.1 Å². The van der Waals surface area contributed by atoms with Gasteiger partial charge in [-0.25, -0.2) is 0 Å². The Labute approximate surface area is 146 Å². The van der Waals surface area contributed by atoms with E-state index in [0.717, 1.165) is 40.5 Å². The third kappa shape index (κ3) is 2.83. The molecule has 0 saturated carbocycles. The van der Waals surface area contributed by atoms with Crippen LogP contribution in [0, 0.1) is 11.3 Å². The number of nitrogens with one attached hydrogen (secondary N) is 1. The molecule has 1 aliphatic heterocycles. The molecule has 1 aromatic carbocycles. The standard InChI is InChI=1S/C19H20N2O2S/c1-3-23-16-10-5-4-7-12(16)17-13(11-20)19(24-2)21-14-8-6-9-15(22)18(14)17/h4-5,7,10,17,21H,3,6,8-9H2,1-2H3/t17-/m1/s1. The molecular formula is C19H20N2O2S. The number of para-hydroxylation sites is 1. The maximum Gasteiger partial charge on any atom is 0.161 e.